The summed E-state index contributed by atoms with van der Waals surface area (Å²) in [7, 11) is 0. The average molecular weight is 168 g/mol. The van der Waals surface area contributed by atoms with Gasteiger partial charge >= 0.3 is 5.97 Å². The number of nitrogens with zero attached hydrogens (tertiary/aromatic N) is 1. The number of aliphatic carboxylic acids is 1. The molecule has 1 rings (SSSR count). The molecule has 0 aromatic heterocycles. The molecule has 0 aliphatic carbocycles. The number of nitriles is 1. The monoisotopic (exact) mass is 168 g/mol. The lowest BCUT2D eigenvalue weighted by Gasteiger charge is -2.12. The molecule has 0 aromatic rings. The van der Waals surface area contributed by atoms with Gasteiger partial charge in [0.15, 0.2) is 0 Å². The van der Waals surface area contributed by atoms with Crippen LogP contribution in [0.2, 0.25) is 0 Å². The third-order valence-corrected chi connectivity index (χ3v) is 2.23. The summed E-state index contributed by atoms with van der Waals surface area (Å²) in [6.07, 6.45) is 1.21. The largest absolute Gasteiger partial charge is 0.481 e. The first-order valence-electron chi connectivity index (χ1n) is 4.09. The van der Waals surface area contributed by atoms with Gasteiger partial charge in [0.25, 0.3) is 0 Å². The van der Waals surface area contributed by atoms with E-state index in [1.807, 2.05) is 0 Å². The van der Waals surface area contributed by atoms with Gasteiger partial charge in [-0.3, -0.25) is 4.79 Å². The summed E-state index contributed by atoms with van der Waals surface area (Å²) in [6.45, 7) is 1.46. The van der Waals surface area contributed by atoms with E-state index < -0.39 is 11.9 Å². The fourth-order valence-corrected chi connectivity index (χ4v) is 1.49. The Kier molecular flexibility index (Phi) is 3.06. The lowest BCUT2D eigenvalue weighted by Crippen LogP contribution is -2.22. The first-order valence-corrected chi connectivity index (χ1v) is 4.09. The van der Waals surface area contributed by atoms with Crippen molar-refractivity contribution in [2.45, 2.75) is 12.8 Å². The summed E-state index contributed by atoms with van der Waals surface area (Å²) in [4.78, 5) is 10.7. The lowest BCUT2D eigenvalue weighted by atomic mass is 9.89. The molecule has 0 bridgehead atoms. The van der Waals surface area contributed by atoms with E-state index >= 15 is 0 Å². The van der Waals surface area contributed by atoms with Crippen molar-refractivity contribution in [3.05, 3.63) is 0 Å². The van der Waals surface area contributed by atoms with Crippen LogP contribution in [0.4, 0.5) is 0 Å². The van der Waals surface area contributed by atoms with Gasteiger partial charge in [-0.1, -0.05) is 0 Å². The molecule has 0 radical (unpaired) electrons. The Morgan fingerprint density at radius 3 is 2.75 bits per heavy atom. The topological polar surface area (TPSA) is 73.1 Å². The summed E-state index contributed by atoms with van der Waals surface area (Å²) >= 11 is 0. The molecule has 1 aliphatic heterocycles. The number of nitrogens with one attached hydrogen (secondary N) is 1. The molecule has 12 heavy (non-hydrogen) atoms. The molecule has 0 amide bonds. The summed E-state index contributed by atoms with van der Waals surface area (Å²) in [5, 5.41) is 20.6. The highest BCUT2D eigenvalue weighted by molar-refractivity contribution is 5.70. The van der Waals surface area contributed by atoms with Crippen LogP contribution in [-0.2, 0) is 4.79 Å². The maximum Gasteiger partial charge on any atom is 0.307 e. The molecule has 2 N–H and O–H groups in total. The van der Waals surface area contributed by atoms with Crippen LogP contribution >= 0.6 is 0 Å². The van der Waals surface area contributed by atoms with Crippen LogP contribution in [0.3, 0.4) is 0 Å². The number of hydrogen-bond acceptors (Lipinski definition) is 3. The van der Waals surface area contributed by atoms with E-state index in [9.17, 15) is 4.79 Å². The number of carboxylic acid groups (broad SMARTS) is 1. The fraction of sp³-hybridized carbons (Fsp3) is 0.750. The van der Waals surface area contributed by atoms with Gasteiger partial charge in [-0.05, 0) is 25.9 Å². The quantitative estimate of drug-likeness (QED) is 0.587. The van der Waals surface area contributed by atoms with Crippen molar-refractivity contribution in [1.29, 1.82) is 5.26 Å². The number of carbonyl (C=O) groups is 1. The zero-order valence-corrected chi connectivity index (χ0v) is 6.79. The smallest absolute Gasteiger partial charge is 0.307 e. The molecule has 2 atom stereocenters. The van der Waals surface area contributed by atoms with Crippen LogP contribution in [0.25, 0.3) is 0 Å². The van der Waals surface area contributed by atoms with E-state index in [1.165, 1.54) is 0 Å². The Morgan fingerprint density at radius 1 is 1.50 bits per heavy atom. The second-order valence-corrected chi connectivity index (χ2v) is 3.01. The molecule has 1 aliphatic rings. The number of hydrogen-bond donors (Lipinski definition) is 2. The van der Waals surface area contributed by atoms with Crippen molar-refractivity contribution in [3.63, 3.8) is 0 Å². The predicted molar refractivity (Wildman–Crippen MR) is 42.3 cm³/mol. The summed E-state index contributed by atoms with van der Waals surface area (Å²) in [5.74, 6) is -1.65. The van der Waals surface area contributed by atoms with E-state index in [-0.39, 0.29) is 5.92 Å². The second kappa shape index (κ2) is 4.07. The Labute approximate surface area is 71.2 Å². The summed E-state index contributed by atoms with van der Waals surface area (Å²) in [6, 6.07) is 2.05. The van der Waals surface area contributed by atoms with E-state index in [1.54, 1.807) is 0 Å². The number of rotatable bonds is 1. The maximum atomic E-state index is 10.7. The Bertz CT molecular complexity index is 210. The minimum Gasteiger partial charge on any atom is -0.481 e. The molecule has 0 unspecified atom stereocenters. The molecule has 1 saturated heterocycles. The van der Waals surface area contributed by atoms with Gasteiger partial charge in [-0.25, -0.2) is 0 Å². The minimum atomic E-state index is -0.842. The molecular formula is C8H12N2O2. The van der Waals surface area contributed by atoms with Crippen LogP contribution < -0.4 is 5.32 Å². The van der Waals surface area contributed by atoms with Crippen molar-refractivity contribution in [2.24, 2.45) is 11.8 Å². The third kappa shape index (κ3) is 1.95. The maximum absolute atomic E-state index is 10.7. The Morgan fingerprint density at radius 2 is 2.17 bits per heavy atom. The van der Waals surface area contributed by atoms with E-state index in [4.69, 9.17) is 10.4 Å². The van der Waals surface area contributed by atoms with Gasteiger partial charge in [0.1, 0.15) is 0 Å². The molecule has 66 valence electrons. The van der Waals surface area contributed by atoms with Crippen LogP contribution in [0.1, 0.15) is 12.8 Å². The van der Waals surface area contributed by atoms with Gasteiger partial charge in [-0.15, -0.1) is 0 Å². The molecule has 1 fully saturated rings. The molecular weight excluding hydrogens is 156 g/mol. The van der Waals surface area contributed by atoms with Crippen LogP contribution in [0.5, 0.6) is 0 Å². The highest BCUT2D eigenvalue weighted by atomic mass is 16.4. The lowest BCUT2D eigenvalue weighted by molar-refractivity contribution is -0.143. The van der Waals surface area contributed by atoms with Crippen molar-refractivity contribution in [2.75, 3.05) is 13.1 Å². The van der Waals surface area contributed by atoms with Gasteiger partial charge < -0.3 is 10.4 Å². The second-order valence-electron chi connectivity index (χ2n) is 3.01. The molecule has 0 aromatic carbocycles. The van der Waals surface area contributed by atoms with Gasteiger partial charge in [0, 0.05) is 0 Å². The highest BCUT2D eigenvalue weighted by Gasteiger charge is 2.28. The van der Waals surface area contributed by atoms with Crippen LogP contribution in [-0.4, -0.2) is 24.2 Å². The zero-order valence-electron chi connectivity index (χ0n) is 6.79. The first kappa shape index (κ1) is 9.01. The molecule has 4 heteroatoms. The standard InChI is InChI=1S/C8H12N2O2/c9-5-6-1-3-10-4-2-7(6)8(11)12/h6-7,10H,1-4H2,(H,11,12)/t6-,7-/m1/s1. The summed E-state index contributed by atoms with van der Waals surface area (Å²) in [5.41, 5.74) is 0. The van der Waals surface area contributed by atoms with Crippen molar-refractivity contribution in [1.82, 2.24) is 5.32 Å². The van der Waals surface area contributed by atoms with Gasteiger partial charge in [-0.2, -0.15) is 5.26 Å². The van der Waals surface area contributed by atoms with E-state index in [0.717, 1.165) is 6.54 Å². The van der Waals surface area contributed by atoms with Crippen LogP contribution in [0, 0.1) is 23.2 Å². The predicted octanol–water partition coefficient (Wildman–Crippen LogP) is 0.210. The van der Waals surface area contributed by atoms with Gasteiger partial charge in [0.05, 0.1) is 17.9 Å². The Hall–Kier alpha value is -1.08. The third-order valence-electron chi connectivity index (χ3n) is 2.23. The van der Waals surface area contributed by atoms with Crippen molar-refractivity contribution >= 4 is 5.97 Å². The molecule has 4 nitrogen and oxygen atoms in total. The fourth-order valence-electron chi connectivity index (χ4n) is 1.49. The molecule has 0 saturated carbocycles. The molecule has 0 spiro atoms. The first-order chi connectivity index (χ1) is 5.75. The van der Waals surface area contributed by atoms with E-state index in [2.05, 4.69) is 11.4 Å². The van der Waals surface area contributed by atoms with Crippen LogP contribution in [0.15, 0.2) is 0 Å². The van der Waals surface area contributed by atoms with Crippen molar-refractivity contribution < 1.29 is 9.90 Å². The minimum absolute atomic E-state index is 0.322. The zero-order chi connectivity index (χ0) is 8.97. The Balaban J connectivity index is 2.65. The SMILES string of the molecule is N#C[C@H]1CCNCC[C@H]1C(=O)O. The molecule has 1 heterocycles. The highest BCUT2D eigenvalue weighted by Crippen LogP contribution is 2.20. The van der Waals surface area contributed by atoms with Crippen molar-refractivity contribution in [3.8, 4) is 6.07 Å². The van der Waals surface area contributed by atoms with Gasteiger partial charge in [0.2, 0.25) is 0 Å². The summed E-state index contributed by atoms with van der Waals surface area (Å²) < 4.78 is 0. The normalized spacial score (nSPS) is 30.2. The van der Waals surface area contributed by atoms with E-state index in [0.29, 0.717) is 19.4 Å². The number of carboxylic acids is 1. The average Bonchev–Trinajstić information content (AvgIpc) is 2.27.